The SMILES string of the molecule is Cc1ncccc1OCC1CCCN1Cc1cc2n(n1)CCCC2. The highest BCUT2D eigenvalue weighted by molar-refractivity contribution is 5.25. The Labute approximate surface area is 143 Å². The highest BCUT2D eigenvalue weighted by atomic mass is 16.5. The number of rotatable bonds is 5. The lowest BCUT2D eigenvalue weighted by molar-refractivity contribution is 0.164. The van der Waals surface area contributed by atoms with Crippen molar-refractivity contribution < 1.29 is 4.74 Å². The van der Waals surface area contributed by atoms with Crippen LogP contribution in [0.2, 0.25) is 0 Å². The highest BCUT2D eigenvalue weighted by Gasteiger charge is 2.26. The van der Waals surface area contributed by atoms with Gasteiger partial charge in [0.1, 0.15) is 12.4 Å². The minimum atomic E-state index is 0.475. The molecule has 4 heterocycles. The van der Waals surface area contributed by atoms with Crippen LogP contribution in [0.5, 0.6) is 5.75 Å². The van der Waals surface area contributed by atoms with Gasteiger partial charge in [-0.1, -0.05) is 0 Å². The van der Waals surface area contributed by atoms with Gasteiger partial charge in [-0.3, -0.25) is 14.6 Å². The fourth-order valence-electron chi connectivity index (χ4n) is 3.86. The van der Waals surface area contributed by atoms with Crippen molar-refractivity contribution in [2.45, 2.75) is 58.2 Å². The number of fused-ring (bicyclic) bond motifs is 1. The molecule has 0 amide bonds. The summed E-state index contributed by atoms with van der Waals surface area (Å²) < 4.78 is 8.25. The number of aromatic nitrogens is 3. The zero-order valence-electron chi connectivity index (χ0n) is 14.4. The van der Waals surface area contributed by atoms with Crippen molar-refractivity contribution in [3.63, 3.8) is 0 Å². The molecule has 1 unspecified atom stereocenters. The quantitative estimate of drug-likeness (QED) is 0.847. The summed E-state index contributed by atoms with van der Waals surface area (Å²) >= 11 is 0. The van der Waals surface area contributed by atoms with Gasteiger partial charge in [-0.25, -0.2) is 0 Å². The number of likely N-dealkylation sites (tertiary alicyclic amines) is 1. The van der Waals surface area contributed by atoms with Crippen molar-refractivity contribution in [1.82, 2.24) is 19.7 Å². The van der Waals surface area contributed by atoms with Crippen LogP contribution >= 0.6 is 0 Å². The molecule has 1 atom stereocenters. The van der Waals surface area contributed by atoms with Crippen molar-refractivity contribution in [2.75, 3.05) is 13.2 Å². The van der Waals surface area contributed by atoms with Gasteiger partial charge in [0.25, 0.3) is 0 Å². The van der Waals surface area contributed by atoms with Crippen molar-refractivity contribution in [3.05, 3.63) is 41.5 Å². The Balaban J connectivity index is 1.38. The third kappa shape index (κ3) is 3.31. The smallest absolute Gasteiger partial charge is 0.140 e. The van der Waals surface area contributed by atoms with E-state index >= 15 is 0 Å². The van der Waals surface area contributed by atoms with Crippen LogP contribution in [-0.4, -0.2) is 38.9 Å². The van der Waals surface area contributed by atoms with Crippen molar-refractivity contribution in [2.24, 2.45) is 0 Å². The molecule has 2 aliphatic heterocycles. The van der Waals surface area contributed by atoms with E-state index in [2.05, 4.69) is 20.6 Å². The van der Waals surface area contributed by atoms with Crippen LogP contribution in [0.15, 0.2) is 24.4 Å². The topological polar surface area (TPSA) is 43.2 Å². The zero-order chi connectivity index (χ0) is 16.4. The Hall–Kier alpha value is -1.88. The number of hydrogen-bond donors (Lipinski definition) is 0. The van der Waals surface area contributed by atoms with Crippen LogP contribution in [0.4, 0.5) is 0 Å². The summed E-state index contributed by atoms with van der Waals surface area (Å²) in [5.41, 5.74) is 3.59. The Bertz CT molecular complexity index is 673. The lowest BCUT2D eigenvalue weighted by Gasteiger charge is -2.23. The standard InChI is InChI=1S/C19H26N4O/c1-15-19(8-4-9-20-15)24-14-18-7-5-10-22(18)13-16-12-17-6-2-3-11-23(17)21-16/h4,8-9,12,18H,2-3,5-7,10-11,13-14H2,1H3. The molecule has 5 nitrogen and oxygen atoms in total. The van der Waals surface area contributed by atoms with E-state index in [1.165, 1.54) is 43.5 Å². The van der Waals surface area contributed by atoms with Crippen LogP contribution in [0.3, 0.4) is 0 Å². The Morgan fingerprint density at radius 1 is 1.25 bits per heavy atom. The van der Waals surface area contributed by atoms with Crippen LogP contribution < -0.4 is 4.74 Å². The molecule has 4 rings (SSSR count). The van der Waals surface area contributed by atoms with Gasteiger partial charge >= 0.3 is 0 Å². The van der Waals surface area contributed by atoms with Gasteiger partial charge in [0.05, 0.1) is 11.4 Å². The minimum Gasteiger partial charge on any atom is -0.490 e. The van der Waals surface area contributed by atoms with E-state index in [-0.39, 0.29) is 0 Å². The molecule has 0 saturated carbocycles. The first kappa shape index (κ1) is 15.6. The van der Waals surface area contributed by atoms with E-state index in [0.717, 1.165) is 37.7 Å². The molecule has 0 aliphatic carbocycles. The second kappa shape index (κ2) is 6.93. The minimum absolute atomic E-state index is 0.475. The number of ether oxygens (including phenoxy) is 1. The molecule has 24 heavy (non-hydrogen) atoms. The summed E-state index contributed by atoms with van der Waals surface area (Å²) in [6.45, 7) is 5.90. The number of hydrogen-bond acceptors (Lipinski definition) is 4. The van der Waals surface area contributed by atoms with Crippen molar-refractivity contribution >= 4 is 0 Å². The second-order valence-electron chi connectivity index (χ2n) is 6.97. The third-order valence-corrected chi connectivity index (χ3v) is 5.22. The summed E-state index contributed by atoms with van der Waals surface area (Å²) in [5, 5.41) is 4.81. The lowest BCUT2D eigenvalue weighted by atomic mass is 10.1. The second-order valence-corrected chi connectivity index (χ2v) is 6.97. The van der Waals surface area contributed by atoms with Crippen molar-refractivity contribution in [3.8, 4) is 5.75 Å². The van der Waals surface area contributed by atoms with E-state index in [9.17, 15) is 0 Å². The number of aryl methyl sites for hydroxylation is 3. The summed E-state index contributed by atoms with van der Waals surface area (Å²) in [5.74, 6) is 0.904. The summed E-state index contributed by atoms with van der Waals surface area (Å²) in [6, 6.07) is 6.72. The van der Waals surface area contributed by atoms with E-state index in [0.29, 0.717) is 6.04 Å². The van der Waals surface area contributed by atoms with Gasteiger partial charge in [-0.15, -0.1) is 0 Å². The monoisotopic (exact) mass is 326 g/mol. The average Bonchev–Trinajstić information content (AvgIpc) is 3.20. The maximum Gasteiger partial charge on any atom is 0.140 e. The van der Waals surface area contributed by atoms with Crippen LogP contribution in [-0.2, 0) is 19.5 Å². The maximum absolute atomic E-state index is 6.04. The molecular weight excluding hydrogens is 300 g/mol. The molecule has 0 aromatic carbocycles. The highest BCUT2D eigenvalue weighted by Crippen LogP contribution is 2.23. The van der Waals surface area contributed by atoms with E-state index in [4.69, 9.17) is 9.84 Å². The molecule has 1 fully saturated rings. The fraction of sp³-hybridized carbons (Fsp3) is 0.579. The van der Waals surface area contributed by atoms with Gasteiger partial charge in [0.2, 0.25) is 0 Å². The molecule has 0 spiro atoms. The Morgan fingerprint density at radius 3 is 3.08 bits per heavy atom. The predicted octanol–water partition coefficient (Wildman–Crippen LogP) is 2.97. The first-order valence-electron chi connectivity index (χ1n) is 9.13. The lowest BCUT2D eigenvalue weighted by Crippen LogP contribution is -2.34. The van der Waals surface area contributed by atoms with Crippen LogP contribution in [0.1, 0.15) is 42.8 Å². The molecule has 2 aliphatic rings. The van der Waals surface area contributed by atoms with Gasteiger partial charge in [0.15, 0.2) is 0 Å². The molecule has 2 aromatic heterocycles. The number of nitrogens with zero attached hydrogens (tertiary/aromatic N) is 4. The molecule has 2 aromatic rings. The zero-order valence-corrected chi connectivity index (χ0v) is 14.4. The molecule has 128 valence electrons. The maximum atomic E-state index is 6.04. The van der Waals surface area contributed by atoms with E-state index in [1.807, 2.05) is 25.3 Å². The van der Waals surface area contributed by atoms with Gasteiger partial charge in [-0.2, -0.15) is 5.10 Å². The van der Waals surface area contributed by atoms with E-state index < -0.39 is 0 Å². The first-order chi connectivity index (χ1) is 11.8. The summed E-state index contributed by atoms with van der Waals surface area (Å²) in [7, 11) is 0. The summed E-state index contributed by atoms with van der Waals surface area (Å²) in [6.07, 6.45) is 8.00. The molecule has 0 radical (unpaired) electrons. The first-order valence-corrected chi connectivity index (χ1v) is 9.13. The normalized spacial score (nSPS) is 21.0. The van der Waals surface area contributed by atoms with Crippen LogP contribution in [0, 0.1) is 6.92 Å². The number of pyridine rings is 1. The average molecular weight is 326 g/mol. The fourth-order valence-corrected chi connectivity index (χ4v) is 3.86. The summed E-state index contributed by atoms with van der Waals surface area (Å²) in [4.78, 5) is 6.82. The van der Waals surface area contributed by atoms with Crippen molar-refractivity contribution in [1.29, 1.82) is 0 Å². The van der Waals surface area contributed by atoms with Gasteiger partial charge in [0, 0.05) is 31.0 Å². The van der Waals surface area contributed by atoms with Crippen LogP contribution in [0.25, 0.3) is 0 Å². The Kier molecular flexibility index (Phi) is 4.52. The third-order valence-electron chi connectivity index (χ3n) is 5.22. The molecule has 0 bridgehead atoms. The van der Waals surface area contributed by atoms with Gasteiger partial charge < -0.3 is 4.74 Å². The Morgan fingerprint density at radius 2 is 2.21 bits per heavy atom. The van der Waals surface area contributed by atoms with Gasteiger partial charge in [-0.05, 0) is 63.8 Å². The predicted molar refractivity (Wildman–Crippen MR) is 93.1 cm³/mol. The largest absolute Gasteiger partial charge is 0.490 e. The molecular formula is C19H26N4O. The molecule has 1 saturated heterocycles. The molecule has 0 N–H and O–H groups in total. The van der Waals surface area contributed by atoms with E-state index in [1.54, 1.807) is 0 Å². The molecule has 5 heteroatoms.